The van der Waals surface area contributed by atoms with E-state index in [9.17, 15) is 5.11 Å². The minimum atomic E-state index is -0.515. The number of hydrogen-bond donors (Lipinski definition) is 2. The SMILES string of the molecule is CCN(CC)c1ccc([C@H](N)[C@@H](C)O)cc1.Cl. The Bertz CT molecular complexity index is 289. The lowest BCUT2D eigenvalue weighted by Crippen LogP contribution is -2.24. The summed E-state index contributed by atoms with van der Waals surface area (Å²) in [6.07, 6.45) is -0.515. The predicted octanol–water partition coefficient (Wildman–Crippen LogP) is 2.34. The largest absolute Gasteiger partial charge is 0.391 e. The highest BCUT2D eigenvalue weighted by molar-refractivity contribution is 5.85. The van der Waals surface area contributed by atoms with Crippen LogP contribution in [0.25, 0.3) is 0 Å². The normalized spacial score (nSPS) is 13.7. The Labute approximate surface area is 110 Å². The van der Waals surface area contributed by atoms with Crippen LogP contribution in [0.5, 0.6) is 0 Å². The van der Waals surface area contributed by atoms with E-state index in [1.54, 1.807) is 6.92 Å². The molecule has 0 fully saturated rings. The molecule has 98 valence electrons. The average molecular weight is 259 g/mol. The van der Waals surface area contributed by atoms with Crippen LogP contribution in [-0.4, -0.2) is 24.3 Å². The average Bonchev–Trinajstić information content (AvgIpc) is 2.30. The summed E-state index contributed by atoms with van der Waals surface area (Å²) in [4.78, 5) is 2.28. The second kappa shape index (κ2) is 7.54. The fourth-order valence-corrected chi connectivity index (χ4v) is 1.77. The molecular formula is C13H23ClN2O. The van der Waals surface area contributed by atoms with Crippen molar-refractivity contribution in [2.45, 2.75) is 32.9 Å². The molecule has 0 amide bonds. The number of aliphatic hydroxyl groups excluding tert-OH is 1. The van der Waals surface area contributed by atoms with Crippen LogP contribution in [0.15, 0.2) is 24.3 Å². The Morgan fingerprint density at radius 2 is 1.65 bits per heavy atom. The van der Waals surface area contributed by atoms with Crippen molar-refractivity contribution in [1.29, 1.82) is 0 Å². The van der Waals surface area contributed by atoms with Gasteiger partial charge >= 0.3 is 0 Å². The first-order chi connectivity index (χ1) is 7.60. The summed E-state index contributed by atoms with van der Waals surface area (Å²) in [6, 6.07) is 7.80. The van der Waals surface area contributed by atoms with E-state index in [2.05, 4.69) is 30.9 Å². The zero-order chi connectivity index (χ0) is 12.1. The Balaban J connectivity index is 0.00000256. The number of hydrogen-bond acceptors (Lipinski definition) is 3. The van der Waals surface area contributed by atoms with Crippen LogP contribution in [-0.2, 0) is 0 Å². The van der Waals surface area contributed by atoms with Crippen molar-refractivity contribution in [3.8, 4) is 0 Å². The van der Waals surface area contributed by atoms with Gasteiger partial charge in [0.05, 0.1) is 12.1 Å². The number of benzene rings is 1. The number of nitrogens with zero attached hydrogens (tertiary/aromatic N) is 1. The topological polar surface area (TPSA) is 49.5 Å². The molecule has 0 heterocycles. The third-order valence-corrected chi connectivity index (χ3v) is 2.93. The lowest BCUT2D eigenvalue weighted by Gasteiger charge is -2.22. The summed E-state index contributed by atoms with van der Waals surface area (Å²) < 4.78 is 0. The fraction of sp³-hybridized carbons (Fsp3) is 0.538. The Kier molecular flexibility index (Phi) is 7.19. The van der Waals surface area contributed by atoms with Gasteiger partial charge in [-0.25, -0.2) is 0 Å². The number of aliphatic hydroxyl groups is 1. The second-order valence-corrected chi connectivity index (χ2v) is 4.03. The van der Waals surface area contributed by atoms with Gasteiger partial charge in [0, 0.05) is 18.8 Å². The molecule has 2 atom stereocenters. The van der Waals surface area contributed by atoms with E-state index >= 15 is 0 Å². The molecule has 0 bridgehead atoms. The van der Waals surface area contributed by atoms with Crippen molar-refractivity contribution in [2.75, 3.05) is 18.0 Å². The standard InChI is InChI=1S/C13H22N2O.ClH/c1-4-15(5-2)12-8-6-11(7-9-12)13(14)10(3)16;/h6-10,13,16H,4-5,14H2,1-3H3;1H/t10-,13-;/m1./s1. The van der Waals surface area contributed by atoms with Crippen LogP contribution in [0.4, 0.5) is 5.69 Å². The molecule has 0 spiro atoms. The van der Waals surface area contributed by atoms with Gasteiger partial charge in [0.25, 0.3) is 0 Å². The molecule has 0 aromatic heterocycles. The minimum absolute atomic E-state index is 0. The van der Waals surface area contributed by atoms with Gasteiger partial charge in [-0.05, 0) is 38.5 Å². The third-order valence-electron chi connectivity index (χ3n) is 2.93. The first-order valence-electron chi connectivity index (χ1n) is 5.88. The van der Waals surface area contributed by atoms with E-state index in [-0.39, 0.29) is 18.4 Å². The lowest BCUT2D eigenvalue weighted by molar-refractivity contribution is 0.164. The van der Waals surface area contributed by atoms with Crippen LogP contribution >= 0.6 is 12.4 Å². The molecule has 0 saturated heterocycles. The summed E-state index contributed by atoms with van der Waals surface area (Å²) in [5.41, 5.74) is 8.04. The summed E-state index contributed by atoms with van der Waals surface area (Å²) in [5.74, 6) is 0. The molecule has 1 aromatic carbocycles. The monoisotopic (exact) mass is 258 g/mol. The third kappa shape index (κ3) is 4.19. The summed E-state index contributed by atoms with van der Waals surface area (Å²) >= 11 is 0. The van der Waals surface area contributed by atoms with Crippen LogP contribution in [0, 0.1) is 0 Å². The maximum atomic E-state index is 9.41. The Hall–Kier alpha value is -0.770. The fourth-order valence-electron chi connectivity index (χ4n) is 1.77. The van der Waals surface area contributed by atoms with Gasteiger partial charge in [-0.3, -0.25) is 0 Å². The molecule has 3 nitrogen and oxygen atoms in total. The molecule has 0 saturated carbocycles. The van der Waals surface area contributed by atoms with E-state index in [1.807, 2.05) is 12.1 Å². The second-order valence-electron chi connectivity index (χ2n) is 4.03. The zero-order valence-electron chi connectivity index (χ0n) is 10.8. The van der Waals surface area contributed by atoms with E-state index in [1.165, 1.54) is 5.69 Å². The van der Waals surface area contributed by atoms with Crippen LogP contribution in [0.2, 0.25) is 0 Å². The summed E-state index contributed by atoms with van der Waals surface area (Å²) in [5, 5.41) is 9.41. The zero-order valence-corrected chi connectivity index (χ0v) is 11.6. The Morgan fingerprint density at radius 3 is 2.00 bits per heavy atom. The van der Waals surface area contributed by atoms with E-state index in [0.29, 0.717) is 0 Å². The van der Waals surface area contributed by atoms with Gasteiger partial charge in [-0.1, -0.05) is 12.1 Å². The molecule has 4 heteroatoms. The van der Waals surface area contributed by atoms with Gasteiger partial charge in [-0.2, -0.15) is 0 Å². The Morgan fingerprint density at radius 1 is 1.18 bits per heavy atom. The van der Waals surface area contributed by atoms with Crippen molar-refractivity contribution in [3.05, 3.63) is 29.8 Å². The summed E-state index contributed by atoms with van der Waals surface area (Å²) in [7, 11) is 0. The van der Waals surface area contributed by atoms with Crippen molar-refractivity contribution in [2.24, 2.45) is 5.73 Å². The molecular weight excluding hydrogens is 236 g/mol. The van der Waals surface area contributed by atoms with E-state index in [4.69, 9.17) is 5.73 Å². The quantitative estimate of drug-likeness (QED) is 0.852. The van der Waals surface area contributed by atoms with Crippen LogP contribution in [0.3, 0.4) is 0 Å². The maximum Gasteiger partial charge on any atom is 0.0704 e. The van der Waals surface area contributed by atoms with Crippen molar-refractivity contribution in [1.82, 2.24) is 0 Å². The minimum Gasteiger partial charge on any atom is -0.391 e. The first-order valence-corrected chi connectivity index (χ1v) is 5.88. The molecule has 0 aliphatic heterocycles. The predicted molar refractivity (Wildman–Crippen MR) is 75.9 cm³/mol. The lowest BCUT2D eigenvalue weighted by atomic mass is 10.0. The van der Waals surface area contributed by atoms with Gasteiger partial charge in [0.15, 0.2) is 0 Å². The molecule has 1 rings (SSSR count). The van der Waals surface area contributed by atoms with Crippen molar-refractivity contribution < 1.29 is 5.11 Å². The van der Waals surface area contributed by atoms with Gasteiger partial charge < -0.3 is 15.7 Å². The van der Waals surface area contributed by atoms with Crippen LogP contribution in [0.1, 0.15) is 32.4 Å². The molecule has 1 aromatic rings. The number of halogens is 1. The first kappa shape index (κ1) is 16.2. The molecule has 0 unspecified atom stereocenters. The highest BCUT2D eigenvalue weighted by Crippen LogP contribution is 2.19. The molecule has 0 radical (unpaired) electrons. The van der Waals surface area contributed by atoms with Crippen molar-refractivity contribution in [3.63, 3.8) is 0 Å². The smallest absolute Gasteiger partial charge is 0.0704 e. The van der Waals surface area contributed by atoms with E-state index < -0.39 is 6.10 Å². The number of rotatable bonds is 5. The van der Waals surface area contributed by atoms with Gasteiger partial charge in [0.1, 0.15) is 0 Å². The molecule has 17 heavy (non-hydrogen) atoms. The molecule has 3 N–H and O–H groups in total. The van der Waals surface area contributed by atoms with Gasteiger partial charge in [-0.15, -0.1) is 12.4 Å². The van der Waals surface area contributed by atoms with Crippen LogP contribution < -0.4 is 10.6 Å². The molecule has 0 aliphatic rings. The number of nitrogens with two attached hydrogens (primary N) is 1. The highest BCUT2D eigenvalue weighted by atomic mass is 35.5. The van der Waals surface area contributed by atoms with Gasteiger partial charge in [0.2, 0.25) is 0 Å². The van der Waals surface area contributed by atoms with Crippen molar-refractivity contribution >= 4 is 18.1 Å². The number of anilines is 1. The summed E-state index contributed by atoms with van der Waals surface area (Å²) in [6.45, 7) is 7.98. The maximum absolute atomic E-state index is 9.41. The highest BCUT2D eigenvalue weighted by Gasteiger charge is 2.11. The molecule has 0 aliphatic carbocycles. The van der Waals surface area contributed by atoms with E-state index in [0.717, 1.165) is 18.7 Å².